The van der Waals surface area contributed by atoms with Gasteiger partial charge in [-0.15, -0.1) is 0 Å². The second kappa shape index (κ2) is 7.09. The lowest BCUT2D eigenvalue weighted by atomic mass is 9.86. The molecule has 2 rings (SSSR count). The molecular formula is C17H27N3O2. The molecule has 22 heavy (non-hydrogen) atoms. The summed E-state index contributed by atoms with van der Waals surface area (Å²) in [6.07, 6.45) is 5.42. The van der Waals surface area contributed by atoms with Crippen molar-refractivity contribution >= 4 is 6.09 Å². The number of hydrogen-bond acceptors (Lipinski definition) is 4. The first-order valence-electron chi connectivity index (χ1n) is 7.96. The number of rotatable bonds is 3. The summed E-state index contributed by atoms with van der Waals surface area (Å²) in [6.45, 7) is 7.21. The second-order valence-corrected chi connectivity index (χ2v) is 6.85. The Labute approximate surface area is 133 Å². The minimum absolute atomic E-state index is 0.198. The van der Waals surface area contributed by atoms with E-state index in [0.29, 0.717) is 12.0 Å². The third kappa shape index (κ3) is 4.44. The molecule has 1 amide bonds. The van der Waals surface area contributed by atoms with Crippen molar-refractivity contribution < 1.29 is 9.53 Å². The molecule has 0 radical (unpaired) electrons. The maximum atomic E-state index is 12.1. The number of hydrogen-bond donors (Lipinski definition) is 1. The molecule has 1 aliphatic heterocycles. The van der Waals surface area contributed by atoms with Crippen molar-refractivity contribution in [2.75, 3.05) is 20.1 Å². The molecule has 0 spiro atoms. The molecular weight excluding hydrogens is 278 g/mol. The van der Waals surface area contributed by atoms with Gasteiger partial charge in [-0.25, -0.2) is 4.79 Å². The largest absolute Gasteiger partial charge is 0.444 e. The molecule has 1 saturated heterocycles. The highest BCUT2D eigenvalue weighted by Crippen LogP contribution is 2.30. The van der Waals surface area contributed by atoms with Crippen molar-refractivity contribution in [1.82, 2.24) is 15.2 Å². The van der Waals surface area contributed by atoms with Gasteiger partial charge in [0.1, 0.15) is 5.60 Å². The van der Waals surface area contributed by atoms with E-state index in [1.54, 1.807) is 0 Å². The van der Waals surface area contributed by atoms with E-state index >= 15 is 0 Å². The van der Waals surface area contributed by atoms with Crippen LogP contribution in [0.4, 0.5) is 4.79 Å². The lowest BCUT2D eigenvalue weighted by molar-refractivity contribution is 0.0170. The van der Waals surface area contributed by atoms with Gasteiger partial charge in [-0.3, -0.25) is 4.98 Å². The van der Waals surface area contributed by atoms with Crippen LogP contribution in [0.25, 0.3) is 0 Å². The zero-order chi connectivity index (χ0) is 16.2. The Kier molecular flexibility index (Phi) is 5.40. The fourth-order valence-electron chi connectivity index (χ4n) is 2.99. The Morgan fingerprint density at radius 1 is 1.32 bits per heavy atom. The van der Waals surface area contributed by atoms with Crippen LogP contribution in [0.3, 0.4) is 0 Å². The topological polar surface area (TPSA) is 54.5 Å². The lowest BCUT2D eigenvalue weighted by Gasteiger charge is -2.36. The summed E-state index contributed by atoms with van der Waals surface area (Å²) < 4.78 is 5.45. The first-order chi connectivity index (χ1) is 10.4. The summed E-state index contributed by atoms with van der Waals surface area (Å²) in [6, 6.07) is 4.42. The monoisotopic (exact) mass is 305 g/mol. The van der Waals surface area contributed by atoms with E-state index in [4.69, 9.17) is 4.74 Å². The third-order valence-corrected chi connectivity index (χ3v) is 4.04. The highest BCUT2D eigenvalue weighted by atomic mass is 16.6. The Bertz CT molecular complexity index is 476. The molecule has 5 nitrogen and oxygen atoms in total. The van der Waals surface area contributed by atoms with Gasteiger partial charge < -0.3 is 15.0 Å². The zero-order valence-electron chi connectivity index (χ0n) is 14.0. The lowest BCUT2D eigenvalue weighted by Crippen LogP contribution is -2.43. The highest BCUT2D eigenvalue weighted by Gasteiger charge is 2.30. The number of nitrogens with zero attached hydrogens (tertiary/aromatic N) is 2. The molecule has 1 aromatic rings. The predicted molar refractivity (Wildman–Crippen MR) is 86.6 cm³/mol. The fraction of sp³-hybridized carbons (Fsp3) is 0.647. The second-order valence-electron chi connectivity index (χ2n) is 6.85. The number of ether oxygens (including phenoxy) is 1. The average Bonchev–Trinajstić information content (AvgIpc) is 2.48. The van der Waals surface area contributed by atoms with Gasteiger partial charge in [0.05, 0.1) is 0 Å². The molecule has 1 aliphatic rings. The van der Waals surface area contributed by atoms with Crippen LogP contribution >= 0.6 is 0 Å². The van der Waals surface area contributed by atoms with E-state index in [-0.39, 0.29) is 6.09 Å². The molecule has 1 fully saturated rings. The van der Waals surface area contributed by atoms with Gasteiger partial charge in [0, 0.05) is 31.5 Å². The number of amides is 1. The van der Waals surface area contributed by atoms with Crippen molar-refractivity contribution in [3.8, 4) is 0 Å². The van der Waals surface area contributed by atoms with Gasteiger partial charge in [0.2, 0.25) is 0 Å². The van der Waals surface area contributed by atoms with Gasteiger partial charge in [-0.2, -0.15) is 0 Å². The van der Waals surface area contributed by atoms with Crippen LogP contribution in [0.5, 0.6) is 0 Å². The summed E-state index contributed by atoms with van der Waals surface area (Å²) in [4.78, 5) is 18.0. The predicted octanol–water partition coefficient (Wildman–Crippen LogP) is 2.99. The molecule has 0 saturated carbocycles. The molecule has 0 aromatic carbocycles. The van der Waals surface area contributed by atoms with E-state index in [1.807, 2.05) is 45.1 Å². The van der Waals surface area contributed by atoms with Crippen LogP contribution in [-0.4, -0.2) is 41.7 Å². The number of carbonyl (C=O) groups excluding carboxylic acids is 1. The van der Waals surface area contributed by atoms with Crippen molar-refractivity contribution in [1.29, 1.82) is 0 Å². The Hall–Kier alpha value is -1.62. The summed E-state index contributed by atoms with van der Waals surface area (Å²) in [5.74, 6) is 0.520. The third-order valence-electron chi connectivity index (χ3n) is 4.04. The number of nitrogens with one attached hydrogen (secondary N) is 1. The Balaban J connectivity index is 1.92. The molecule has 1 unspecified atom stereocenters. The molecule has 1 aromatic heterocycles. The van der Waals surface area contributed by atoms with E-state index in [1.165, 1.54) is 5.56 Å². The normalized spacial score (nSPS) is 18.1. The van der Waals surface area contributed by atoms with E-state index < -0.39 is 5.60 Å². The van der Waals surface area contributed by atoms with E-state index in [9.17, 15) is 4.79 Å². The molecule has 1 N–H and O–H groups in total. The smallest absolute Gasteiger partial charge is 0.410 e. The quantitative estimate of drug-likeness (QED) is 0.933. The van der Waals surface area contributed by atoms with Gasteiger partial charge >= 0.3 is 6.09 Å². The van der Waals surface area contributed by atoms with E-state index in [0.717, 1.165) is 25.9 Å². The van der Waals surface area contributed by atoms with Crippen LogP contribution < -0.4 is 5.32 Å². The summed E-state index contributed by atoms with van der Waals surface area (Å²) in [7, 11) is 1.99. The molecule has 1 atom stereocenters. The van der Waals surface area contributed by atoms with Gasteiger partial charge in [0.25, 0.3) is 0 Å². The number of likely N-dealkylation sites (tertiary alicyclic amines) is 1. The summed E-state index contributed by atoms with van der Waals surface area (Å²) >= 11 is 0. The summed E-state index contributed by atoms with van der Waals surface area (Å²) in [5, 5.41) is 3.41. The van der Waals surface area contributed by atoms with Crippen LogP contribution in [-0.2, 0) is 4.74 Å². The first kappa shape index (κ1) is 16.7. The highest BCUT2D eigenvalue weighted by molar-refractivity contribution is 5.68. The van der Waals surface area contributed by atoms with E-state index in [2.05, 4.69) is 22.4 Å². The molecule has 0 aliphatic carbocycles. The molecule has 122 valence electrons. The standard InChI is InChI=1S/C17H27N3O2/c1-17(2,3)22-16(21)20-11-7-14(8-12-20)15(18-4)13-5-9-19-10-6-13/h5-6,9-10,14-15,18H,7-8,11-12H2,1-4H3. The maximum absolute atomic E-state index is 12.1. The number of piperidine rings is 1. The van der Waals surface area contributed by atoms with Crippen molar-refractivity contribution in [3.63, 3.8) is 0 Å². The summed E-state index contributed by atoms with van der Waals surface area (Å²) in [5.41, 5.74) is 0.826. The molecule has 0 bridgehead atoms. The van der Waals surface area contributed by atoms with Crippen LogP contribution in [0.1, 0.15) is 45.2 Å². The van der Waals surface area contributed by atoms with Crippen molar-refractivity contribution in [2.45, 2.75) is 45.3 Å². The average molecular weight is 305 g/mol. The first-order valence-corrected chi connectivity index (χ1v) is 7.96. The maximum Gasteiger partial charge on any atom is 0.410 e. The fourth-order valence-corrected chi connectivity index (χ4v) is 2.99. The van der Waals surface area contributed by atoms with Crippen LogP contribution in [0, 0.1) is 5.92 Å². The molecule has 2 heterocycles. The van der Waals surface area contributed by atoms with Crippen molar-refractivity contribution in [3.05, 3.63) is 30.1 Å². The van der Waals surface area contributed by atoms with Gasteiger partial charge in [-0.05, 0) is 64.3 Å². The SMILES string of the molecule is CNC(c1ccncc1)C1CCN(C(=O)OC(C)(C)C)CC1. The minimum Gasteiger partial charge on any atom is -0.444 e. The number of aromatic nitrogens is 1. The van der Waals surface area contributed by atoms with Crippen molar-refractivity contribution in [2.24, 2.45) is 5.92 Å². The van der Waals surface area contributed by atoms with Gasteiger partial charge in [0.15, 0.2) is 0 Å². The Morgan fingerprint density at radius 3 is 2.41 bits per heavy atom. The van der Waals surface area contributed by atoms with Crippen LogP contribution in [0.2, 0.25) is 0 Å². The molecule has 5 heteroatoms. The minimum atomic E-state index is -0.432. The number of carbonyl (C=O) groups is 1. The van der Waals surface area contributed by atoms with Gasteiger partial charge in [-0.1, -0.05) is 0 Å². The number of pyridine rings is 1. The zero-order valence-corrected chi connectivity index (χ0v) is 14.0. The Morgan fingerprint density at radius 2 is 1.91 bits per heavy atom. The van der Waals surface area contributed by atoms with Crippen LogP contribution in [0.15, 0.2) is 24.5 Å².